The second-order valence-electron chi connectivity index (χ2n) is 2.78. The van der Waals surface area contributed by atoms with Gasteiger partial charge >= 0.3 is 11.9 Å². The largest absolute Gasteiger partial charge is 0.478 e. The Morgan fingerprint density at radius 2 is 1.50 bits per heavy atom. The van der Waals surface area contributed by atoms with E-state index in [0.717, 1.165) is 0 Å². The van der Waals surface area contributed by atoms with E-state index in [0.29, 0.717) is 5.56 Å². The summed E-state index contributed by atoms with van der Waals surface area (Å²) in [5.41, 5.74) is 0.521. The third-order valence-electron chi connectivity index (χ3n) is 1.68. The molecule has 5 heteroatoms. The smallest absolute Gasteiger partial charge is 0.336 e. The lowest BCUT2D eigenvalue weighted by molar-refractivity contribution is 0.0695. The van der Waals surface area contributed by atoms with Crippen molar-refractivity contribution in [3.05, 3.63) is 33.3 Å². The number of carbonyl (C=O) groups is 2. The Bertz CT molecular complexity index is 376. The summed E-state index contributed by atoms with van der Waals surface area (Å²) in [7, 11) is 0. The van der Waals surface area contributed by atoms with E-state index >= 15 is 0 Å². The summed E-state index contributed by atoms with van der Waals surface area (Å²) in [6, 6.07) is 2.83. The van der Waals surface area contributed by atoms with Crippen LogP contribution in [0.15, 0.2) is 16.6 Å². The molecule has 0 fully saturated rings. The number of hydrogen-bond donors (Lipinski definition) is 2. The molecule has 0 spiro atoms. The highest BCUT2D eigenvalue weighted by molar-refractivity contribution is 9.10. The van der Waals surface area contributed by atoms with Gasteiger partial charge in [-0.2, -0.15) is 0 Å². The zero-order valence-corrected chi connectivity index (χ0v) is 8.83. The van der Waals surface area contributed by atoms with Crippen molar-refractivity contribution >= 4 is 27.9 Å². The van der Waals surface area contributed by atoms with Gasteiger partial charge in [-0.3, -0.25) is 0 Å². The van der Waals surface area contributed by atoms with Gasteiger partial charge in [0.2, 0.25) is 0 Å². The highest BCUT2D eigenvalue weighted by Crippen LogP contribution is 2.23. The Balaban J connectivity index is 3.47. The Hall–Kier alpha value is -1.36. The van der Waals surface area contributed by atoms with Gasteiger partial charge in [0.25, 0.3) is 0 Å². The first-order chi connectivity index (χ1) is 6.43. The fourth-order valence-corrected chi connectivity index (χ4v) is 1.65. The van der Waals surface area contributed by atoms with Crippen molar-refractivity contribution in [1.29, 1.82) is 0 Å². The zero-order valence-electron chi connectivity index (χ0n) is 7.24. The summed E-state index contributed by atoms with van der Waals surface area (Å²) in [6.07, 6.45) is 0. The van der Waals surface area contributed by atoms with Gasteiger partial charge in [0.15, 0.2) is 0 Å². The minimum atomic E-state index is -1.15. The summed E-state index contributed by atoms with van der Waals surface area (Å²) in [5.74, 6) is -2.30. The number of benzene rings is 1. The molecule has 0 heterocycles. The van der Waals surface area contributed by atoms with E-state index in [9.17, 15) is 9.59 Å². The number of carboxylic acid groups (broad SMARTS) is 2. The van der Waals surface area contributed by atoms with Gasteiger partial charge < -0.3 is 10.2 Å². The van der Waals surface area contributed by atoms with Crippen LogP contribution in [0.25, 0.3) is 0 Å². The topological polar surface area (TPSA) is 74.6 Å². The lowest BCUT2D eigenvalue weighted by atomic mass is 10.1. The molecule has 4 nitrogen and oxygen atoms in total. The maximum absolute atomic E-state index is 10.7. The zero-order chi connectivity index (χ0) is 10.9. The highest BCUT2D eigenvalue weighted by Gasteiger charge is 2.16. The first-order valence-corrected chi connectivity index (χ1v) is 4.49. The second kappa shape index (κ2) is 3.79. The van der Waals surface area contributed by atoms with Crippen LogP contribution in [-0.2, 0) is 0 Å². The molecular weight excluding hydrogens is 252 g/mol. The molecule has 0 saturated heterocycles. The van der Waals surface area contributed by atoms with Gasteiger partial charge in [-0.05, 0) is 40.5 Å². The number of aryl methyl sites for hydroxylation is 1. The Morgan fingerprint density at radius 3 is 1.79 bits per heavy atom. The van der Waals surface area contributed by atoms with Gasteiger partial charge in [0, 0.05) is 4.47 Å². The Morgan fingerprint density at radius 1 is 1.14 bits per heavy atom. The molecule has 0 radical (unpaired) electrons. The van der Waals surface area contributed by atoms with Gasteiger partial charge in [0.1, 0.15) is 0 Å². The molecule has 74 valence electrons. The van der Waals surface area contributed by atoms with E-state index in [2.05, 4.69) is 15.9 Å². The molecule has 0 aliphatic carbocycles. The molecule has 0 unspecified atom stereocenters. The number of hydrogen-bond acceptors (Lipinski definition) is 2. The average Bonchev–Trinajstić information content (AvgIpc) is 2.07. The molecule has 0 bridgehead atoms. The van der Waals surface area contributed by atoms with Gasteiger partial charge in [-0.1, -0.05) is 0 Å². The van der Waals surface area contributed by atoms with Crippen molar-refractivity contribution < 1.29 is 19.8 Å². The van der Waals surface area contributed by atoms with E-state index in [-0.39, 0.29) is 15.6 Å². The summed E-state index contributed by atoms with van der Waals surface area (Å²) in [4.78, 5) is 21.5. The number of rotatable bonds is 2. The standard InChI is InChI=1S/C9H7BrO4/c1-4-2-5(8(11)12)7(10)6(3-4)9(13)14/h2-3H,1H3,(H,11,12)(H,13,14). The van der Waals surface area contributed by atoms with Crippen molar-refractivity contribution in [2.24, 2.45) is 0 Å². The number of halogens is 1. The van der Waals surface area contributed by atoms with Crippen molar-refractivity contribution in [1.82, 2.24) is 0 Å². The highest BCUT2D eigenvalue weighted by atomic mass is 79.9. The van der Waals surface area contributed by atoms with Gasteiger partial charge in [-0.15, -0.1) is 0 Å². The van der Waals surface area contributed by atoms with Crippen molar-refractivity contribution in [3.8, 4) is 0 Å². The number of carboxylic acids is 2. The Labute approximate surface area is 88.3 Å². The quantitative estimate of drug-likeness (QED) is 0.853. The summed E-state index contributed by atoms with van der Waals surface area (Å²) in [5, 5.41) is 17.5. The fraction of sp³-hybridized carbons (Fsp3) is 0.111. The minimum Gasteiger partial charge on any atom is -0.478 e. The molecular formula is C9H7BrO4. The third kappa shape index (κ3) is 1.93. The van der Waals surface area contributed by atoms with Gasteiger partial charge in [-0.25, -0.2) is 9.59 Å². The van der Waals surface area contributed by atoms with E-state index in [4.69, 9.17) is 10.2 Å². The van der Waals surface area contributed by atoms with Crippen LogP contribution in [0.5, 0.6) is 0 Å². The van der Waals surface area contributed by atoms with E-state index < -0.39 is 11.9 Å². The van der Waals surface area contributed by atoms with Crippen LogP contribution in [0.1, 0.15) is 26.3 Å². The molecule has 1 aromatic carbocycles. The second-order valence-corrected chi connectivity index (χ2v) is 3.58. The predicted molar refractivity (Wildman–Crippen MR) is 52.8 cm³/mol. The van der Waals surface area contributed by atoms with Crippen LogP contribution in [0.3, 0.4) is 0 Å². The first-order valence-electron chi connectivity index (χ1n) is 3.70. The van der Waals surface area contributed by atoms with Crippen LogP contribution in [0.2, 0.25) is 0 Å². The molecule has 0 aromatic heterocycles. The van der Waals surface area contributed by atoms with Crippen LogP contribution < -0.4 is 0 Å². The molecule has 1 rings (SSSR count). The lowest BCUT2D eigenvalue weighted by Gasteiger charge is -2.04. The fourth-order valence-electron chi connectivity index (χ4n) is 1.08. The summed E-state index contributed by atoms with van der Waals surface area (Å²) >= 11 is 2.95. The minimum absolute atomic E-state index is 0.0394. The SMILES string of the molecule is Cc1cc(C(=O)O)c(Br)c(C(=O)O)c1. The molecule has 0 aliphatic rings. The first kappa shape index (κ1) is 10.7. The van der Waals surface area contributed by atoms with Gasteiger partial charge in [0.05, 0.1) is 11.1 Å². The van der Waals surface area contributed by atoms with E-state index in [1.54, 1.807) is 6.92 Å². The van der Waals surface area contributed by atoms with Crippen molar-refractivity contribution in [2.45, 2.75) is 6.92 Å². The van der Waals surface area contributed by atoms with Crippen LogP contribution in [-0.4, -0.2) is 22.2 Å². The van der Waals surface area contributed by atoms with Crippen molar-refractivity contribution in [3.63, 3.8) is 0 Å². The molecule has 0 aliphatic heterocycles. The molecule has 0 saturated carbocycles. The third-order valence-corrected chi connectivity index (χ3v) is 2.53. The molecule has 1 aromatic rings. The average molecular weight is 259 g/mol. The molecule has 2 N–H and O–H groups in total. The van der Waals surface area contributed by atoms with Crippen LogP contribution >= 0.6 is 15.9 Å². The summed E-state index contributed by atoms with van der Waals surface area (Å²) < 4.78 is 0.100. The van der Waals surface area contributed by atoms with E-state index in [1.807, 2.05) is 0 Å². The van der Waals surface area contributed by atoms with E-state index in [1.165, 1.54) is 12.1 Å². The monoisotopic (exact) mass is 258 g/mol. The van der Waals surface area contributed by atoms with Crippen LogP contribution in [0, 0.1) is 6.92 Å². The normalized spacial score (nSPS) is 9.86. The lowest BCUT2D eigenvalue weighted by Crippen LogP contribution is -2.05. The van der Waals surface area contributed by atoms with Crippen molar-refractivity contribution in [2.75, 3.05) is 0 Å². The predicted octanol–water partition coefficient (Wildman–Crippen LogP) is 2.15. The Kier molecular flexibility index (Phi) is 2.90. The summed E-state index contributed by atoms with van der Waals surface area (Å²) in [6.45, 7) is 1.64. The maximum atomic E-state index is 10.7. The van der Waals surface area contributed by atoms with Crippen LogP contribution in [0.4, 0.5) is 0 Å². The number of aromatic carboxylic acids is 2. The molecule has 0 atom stereocenters. The maximum Gasteiger partial charge on any atom is 0.336 e. The molecule has 14 heavy (non-hydrogen) atoms. The molecule has 0 amide bonds.